The second-order valence-electron chi connectivity index (χ2n) is 4.29. The lowest BCUT2D eigenvalue weighted by Gasteiger charge is -2.08. The average Bonchev–Trinajstić information content (AvgIpc) is 3.01. The third-order valence-electron chi connectivity index (χ3n) is 2.94. The van der Waals surface area contributed by atoms with Crippen LogP contribution in [0.5, 0.6) is 5.75 Å². The van der Waals surface area contributed by atoms with Crippen molar-refractivity contribution in [3.8, 4) is 17.0 Å². The van der Waals surface area contributed by atoms with E-state index in [2.05, 4.69) is 39.9 Å². The normalized spacial score (nSPS) is 10.4. The molecule has 3 aromatic rings. The van der Waals surface area contributed by atoms with Gasteiger partial charge in [-0.1, -0.05) is 23.4 Å². The maximum absolute atomic E-state index is 5.80. The lowest BCUT2D eigenvalue weighted by molar-refractivity contribution is 0.305. The number of halogens is 1. The lowest BCUT2D eigenvalue weighted by Crippen LogP contribution is -1.97. The molecule has 2 aromatic carbocycles. The van der Waals surface area contributed by atoms with Crippen molar-refractivity contribution < 1.29 is 9.26 Å². The van der Waals surface area contributed by atoms with Crippen LogP contribution in [0.3, 0.4) is 0 Å². The Balaban J connectivity index is 1.68. The van der Waals surface area contributed by atoms with E-state index in [4.69, 9.17) is 9.26 Å². The molecule has 0 bridgehead atoms. The molecule has 0 aliphatic rings. The highest BCUT2D eigenvalue weighted by Gasteiger charge is 2.03. The fraction of sp³-hybridized carbons (Fsp3) is 0.0625. The van der Waals surface area contributed by atoms with E-state index < -0.39 is 0 Å². The Morgan fingerprint density at radius 3 is 2.50 bits per heavy atom. The Bertz CT molecular complexity index is 678. The zero-order chi connectivity index (χ0) is 13.8. The molecule has 4 heteroatoms. The first-order valence-electron chi connectivity index (χ1n) is 6.20. The van der Waals surface area contributed by atoms with E-state index in [9.17, 15) is 0 Å². The van der Waals surface area contributed by atoms with Crippen molar-refractivity contribution >= 4 is 22.6 Å². The molecule has 3 rings (SSSR count). The fourth-order valence-corrected chi connectivity index (χ4v) is 2.40. The fourth-order valence-electron chi connectivity index (χ4n) is 1.86. The summed E-state index contributed by atoms with van der Waals surface area (Å²) in [4.78, 5) is 0. The molecular weight excluding hydrogens is 365 g/mol. The number of benzene rings is 2. The molecule has 20 heavy (non-hydrogen) atoms. The zero-order valence-electron chi connectivity index (χ0n) is 10.6. The Morgan fingerprint density at radius 1 is 1.00 bits per heavy atom. The van der Waals surface area contributed by atoms with Gasteiger partial charge in [-0.05, 0) is 52.9 Å². The molecule has 0 aliphatic heterocycles. The van der Waals surface area contributed by atoms with Gasteiger partial charge in [-0.3, -0.25) is 0 Å². The summed E-state index contributed by atoms with van der Waals surface area (Å²) < 4.78 is 11.8. The second kappa shape index (κ2) is 6.09. The molecule has 0 N–H and O–H groups in total. The first kappa shape index (κ1) is 13.2. The van der Waals surface area contributed by atoms with Gasteiger partial charge in [0.1, 0.15) is 24.3 Å². The van der Waals surface area contributed by atoms with E-state index in [1.807, 2.05) is 42.5 Å². The first-order chi connectivity index (χ1) is 9.83. The van der Waals surface area contributed by atoms with Crippen molar-refractivity contribution in [2.75, 3.05) is 0 Å². The smallest absolute Gasteiger partial charge is 0.124 e. The summed E-state index contributed by atoms with van der Waals surface area (Å²) in [6.07, 6.45) is 1.57. The highest BCUT2D eigenvalue weighted by molar-refractivity contribution is 14.1. The summed E-state index contributed by atoms with van der Waals surface area (Å²) >= 11 is 2.32. The molecule has 3 nitrogen and oxygen atoms in total. The molecular formula is C16H12INO2. The number of hydrogen-bond donors (Lipinski definition) is 0. The predicted molar refractivity (Wildman–Crippen MR) is 85.4 cm³/mol. The Kier molecular flexibility index (Phi) is 4.01. The van der Waals surface area contributed by atoms with Gasteiger partial charge in [0.15, 0.2) is 0 Å². The molecule has 1 heterocycles. The largest absolute Gasteiger partial charge is 0.489 e. The Morgan fingerprint density at radius 2 is 1.80 bits per heavy atom. The van der Waals surface area contributed by atoms with Crippen molar-refractivity contribution in [2.24, 2.45) is 0 Å². The number of nitrogens with zero attached hydrogens (tertiary/aromatic N) is 1. The summed E-state index contributed by atoms with van der Waals surface area (Å²) in [6.45, 7) is 0.572. The summed E-state index contributed by atoms with van der Waals surface area (Å²) in [7, 11) is 0. The lowest BCUT2D eigenvalue weighted by atomic mass is 10.1. The third-order valence-corrected chi connectivity index (χ3v) is 3.99. The van der Waals surface area contributed by atoms with Gasteiger partial charge in [0.2, 0.25) is 0 Å². The number of hydrogen-bond acceptors (Lipinski definition) is 3. The van der Waals surface area contributed by atoms with Crippen LogP contribution in [0.1, 0.15) is 5.56 Å². The van der Waals surface area contributed by atoms with Crippen LogP contribution in [0.4, 0.5) is 0 Å². The predicted octanol–water partition coefficient (Wildman–Crippen LogP) is 4.53. The van der Waals surface area contributed by atoms with Crippen LogP contribution >= 0.6 is 22.6 Å². The van der Waals surface area contributed by atoms with Crippen LogP contribution in [0, 0.1) is 3.57 Å². The van der Waals surface area contributed by atoms with Crippen molar-refractivity contribution in [1.82, 2.24) is 5.16 Å². The van der Waals surface area contributed by atoms with Crippen molar-refractivity contribution in [2.45, 2.75) is 6.61 Å². The minimum Gasteiger partial charge on any atom is -0.489 e. The molecule has 0 saturated heterocycles. The van der Waals surface area contributed by atoms with E-state index in [1.54, 1.807) is 6.26 Å². The van der Waals surface area contributed by atoms with Gasteiger partial charge in [-0.25, -0.2) is 0 Å². The van der Waals surface area contributed by atoms with Crippen molar-refractivity contribution in [3.05, 3.63) is 70.0 Å². The van der Waals surface area contributed by atoms with Crippen LogP contribution in [0.15, 0.2) is 65.4 Å². The molecule has 0 amide bonds. The minimum atomic E-state index is 0.572. The van der Waals surface area contributed by atoms with Crippen LogP contribution in [-0.2, 0) is 6.61 Å². The molecule has 1 aromatic heterocycles. The second-order valence-corrected chi connectivity index (χ2v) is 5.45. The van der Waals surface area contributed by atoms with Gasteiger partial charge < -0.3 is 9.26 Å². The molecule has 0 radical (unpaired) electrons. The number of rotatable bonds is 4. The molecule has 0 fully saturated rings. The van der Waals surface area contributed by atoms with Gasteiger partial charge in [0.05, 0.1) is 0 Å². The topological polar surface area (TPSA) is 35.3 Å². The van der Waals surface area contributed by atoms with E-state index in [-0.39, 0.29) is 0 Å². The molecule has 0 spiro atoms. The summed E-state index contributed by atoms with van der Waals surface area (Å²) in [6, 6.07) is 17.9. The van der Waals surface area contributed by atoms with E-state index in [0.29, 0.717) is 6.61 Å². The summed E-state index contributed by atoms with van der Waals surface area (Å²) in [5.74, 6) is 0.844. The minimum absolute atomic E-state index is 0.572. The van der Waals surface area contributed by atoms with Gasteiger partial charge in [0, 0.05) is 20.8 Å². The quantitative estimate of drug-likeness (QED) is 0.627. The van der Waals surface area contributed by atoms with E-state index in [0.717, 1.165) is 17.0 Å². The SMILES string of the molecule is Ic1ccccc1COc1ccc(-c2ccon2)cc1. The molecule has 0 unspecified atom stereocenters. The average molecular weight is 377 g/mol. The van der Waals surface area contributed by atoms with Gasteiger partial charge in [0.25, 0.3) is 0 Å². The standard InChI is InChI=1S/C16H12INO2/c17-15-4-2-1-3-13(15)11-19-14-7-5-12(6-8-14)16-9-10-20-18-16/h1-10H,11H2. The first-order valence-corrected chi connectivity index (χ1v) is 7.28. The Hall–Kier alpha value is -1.82. The van der Waals surface area contributed by atoms with E-state index in [1.165, 1.54) is 9.13 Å². The van der Waals surface area contributed by atoms with Crippen LogP contribution in [-0.4, -0.2) is 5.16 Å². The maximum Gasteiger partial charge on any atom is 0.124 e. The molecule has 0 atom stereocenters. The molecule has 0 saturated carbocycles. The third kappa shape index (κ3) is 3.01. The van der Waals surface area contributed by atoms with E-state index >= 15 is 0 Å². The van der Waals surface area contributed by atoms with Gasteiger partial charge >= 0.3 is 0 Å². The number of ether oxygens (including phenoxy) is 1. The highest BCUT2D eigenvalue weighted by atomic mass is 127. The monoisotopic (exact) mass is 377 g/mol. The van der Waals surface area contributed by atoms with Gasteiger partial charge in [-0.15, -0.1) is 0 Å². The number of aromatic nitrogens is 1. The van der Waals surface area contributed by atoms with Crippen molar-refractivity contribution in [1.29, 1.82) is 0 Å². The maximum atomic E-state index is 5.80. The van der Waals surface area contributed by atoms with Crippen LogP contribution in [0.2, 0.25) is 0 Å². The summed E-state index contributed by atoms with van der Waals surface area (Å²) in [5.41, 5.74) is 3.03. The van der Waals surface area contributed by atoms with Crippen LogP contribution in [0.25, 0.3) is 11.3 Å². The van der Waals surface area contributed by atoms with Gasteiger partial charge in [-0.2, -0.15) is 0 Å². The highest BCUT2D eigenvalue weighted by Crippen LogP contribution is 2.22. The Labute approximate surface area is 130 Å². The van der Waals surface area contributed by atoms with Crippen molar-refractivity contribution in [3.63, 3.8) is 0 Å². The molecule has 100 valence electrons. The van der Waals surface area contributed by atoms with Crippen LogP contribution < -0.4 is 4.74 Å². The summed E-state index contributed by atoms with van der Waals surface area (Å²) in [5, 5.41) is 3.90. The molecule has 0 aliphatic carbocycles. The zero-order valence-corrected chi connectivity index (χ0v) is 12.8.